The molecule has 0 saturated heterocycles. The van der Waals surface area contributed by atoms with E-state index in [1.54, 1.807) is 0 Å². The summed E-state index contributed by atoms with van der Waals surface area (Å²) in [6.45, 7) is 0.596. The van der Waals surface area contributed by atoms with Crippen LogP contribution in [-0.4, -0.2) is 36.2 Å². The van der Waals surface area contributed by atoms with Gasteiger partial charge in [0.2, 0.25) is 5.91 Å². The smallest absolute Gasteiger partial charge is 0.326 e. The Labute approximate surface area is 101 Å². The topological polar surface area (TPSA) is 75.6 Å². The van der Waals surface area contributed by atoms with Crippen molar-refractivity contribution in [2.45, 2.75) is 38.1 Å². The van der Waals surface area contributed by atoms with Gasteiger partial charge >= 0.3 is 5.97 Å². The molecule has 2 N–H and O–H groups in total. The summed E-state index contributed by atoms with van der Waals surface area (Å²) in [5.41, 5.74) is 0. The Bertz CT molecular complexity index is 297. The van der Waals surface area contributed by atoms with Gasteiger partial charge in [-0.15, -0.1) is 0 Å². The van der Waals surface area contributed by atoms with Crippen molar-refractivity contribution in [3.05, 3.63) is 0 Å². The van der Waals surface area contributed by atoms with Crippen molar-refractivity contribution < 1.29 is 19.4 Å². The molecule has 96 valence electrons. The predicted molar refractivity (Wildman–Crippen MR) is 60.5 cm³/mol. The van der Waals surface area contributed by atoms with Gasteiger partial charge in [0.1, 0.15) is 12.6 Å². The number of nitrogens with one attached hydrogen (secondary N) is 1. The van der Waals surface area contributed by atoms with Gasteiger partial charge in [-0.2, -0.15) is 0 Å². The highest BCUT2D eigenvalue weighted by atomic mass is 16.5. The quantitative estimate of drug-likeness (QED) is 0.658. The van der Waals surface area contributed by atoms with Crippen molar-refractivity contribution in [1.82, 2.24) is 5.32 Å². The number of hydrogen-bond acceptors (Lipinski definition) is 3. The molecule has 0 aromatic carbocycles. The molecule has 0 aliphatic heterocycles. The predicted octanol–water partition coefficient (Wildman–Crippen LogP) is 0.782. The maximum absolute atomic E-state index is 11.5. The molecule has 2 fully saturated rings. The summed E-state index contributed by atoms with van der Waals surface area (Å²) in [7, 11) is 0. The molecule has 0 spiro atoms. The first-order valence-corrected chi connectivity index (χ1v) is 6.25. The van der Waals surface area contributed by atoms with Crippen LogP contribution in [0.2, 0.25) is 0 Å². The first kappa shape index (κ1) is 12.4. The van der Waals surface area contributed by atoms with E-state index in [2.05, 4.69) is 5.32 Å². The summed E-state index contributed by atoms with van der Waals surface area (Å²) in [5.74, 6) is -0.181. The first-order valence-electron chi connectivity index (χ1n) is 6.25. The van der Waals surface area contributed by atoms with Gasteiger partial charge < -0.3 is 15.2 Å². The number of carboxylic acid groups (broad SMARTS) is 1. The minimum atomic E-state index is -0.951. The van der Waals surface area contributed by atoms with Crippen molar-refractivity contribution in [2.75, 3.05) is 13.2 Å². The zero-order valence-electron chi connectivity index (χ0n) is 9.85. The molecule has 17 heavy (non-hydrogen) atoms. The van der Waals surface area contributed by atoms with Crippen LogP contribution in [-0.2, 0) is 14.3 Å². The maximum atomic E-state index is 11.5. The fraction of sp³-hybridized carbons (Fsp3) is 0.833. The maximum Gasteiger partial charge on any atom is 0.326 e. The van der Waals surface area contributed by atoms with Gasteiger partial charge in [0.25, 0.3) is 0 Å². The highest BCUT2D eigenvalue weighted by molar-refractivity contribution is 5.84. The third-order valence-corrected chi connectivity index (χ3v) is 3.18. The molecular formula is C12H19NO4. The van der Waals surface area contributed by atoms with Crippen LogP contribution in [0.15, 0.2) is 0 Å². The molecular weight excluding hydrogens is 222 g/mol. The van der Waals surface area contributed by atoms with E-state index in [1.165, 1.54) is 12.8 Å². The van der Waals surface area contributed by atoms with Gasteiger partial charge in [0.05, 0.1) is 6.61 Å². The average molecular weight is 241 g/mol. The molecule has 0 radical (unpaired) electrons. The van der Waals surface area contributed by atoms with Crippen LogP contribution in [0, 0.1) is 11.8 Å². The van der Waals surface area contributed by atoms with Crippen molar-refractivity contribution >= 4 is 11.9 Å². The number of hydrogen-bond donors (Lipinski definition) is 2. The molecule has 0 aromatic rings. The Morgan fingerprint density at radius 3 is 2.41 bits per heavy atom. The Balaban J connectivity index is 1.63. The van der Waals surface area contributed by atoms with Gasteiger partial charge in [0.15, 0.2) is 0 Å². The van der Waals surface area contributed by atoms with Crippen LogP contribution in [0.1, 0.15) is 32.1 Å². The fourth-order valence-corrected chi connectivity index (χ4v) is 1.75. The van der Waals surface area contributed by atoms with Gasteiger partial charge in [0, 0.05) is 0 Å². The van der Waals surface area contributed by atoms with Gasteiger partial charge in [-0.3, -0.25) is 4.79 Å². The third-order valence-electron chi connectivity index (χ3n) is 3.18. The Kier molecular flexibility index (Phi) is 3.99. The standard InChI is InChI=1S/C12H19NO4/c14-11(7-17-6-9-3-4-9)13-10(12(15)16)5-8-1-2-8/h8-10H,1-7H2,(H,13,14)(H,15,16). The second-order valence-corrected chi connectivity index (χ2v) is 5.10. The van der Waals surface area contributed by atoms with Gasteiger partial charge in [-0.25, -0.2) is 4.79 Å². The van der Waals surface area contributed by atoms with Crippen molar-refractivity contribution in [3.8, 4) is 0 Å². The number of carbonyl (C=O) groups is 2. The zero-order valence-corrected chi connectivity index (χ0v) is 9.85. The SMILES string of the molecule is O=C(COCC1CC1)NC(CC1CC1)C(=O)O. The van der Waals surface area contributed by atoms with Crippen molar-refractivity contribution in [3.63, 3.8) is 0 Å². The number of ether oxygens (including phenoxy) is 1. The summed E-state index contributed by atoms with van der Waals surface area (Å²) in [6, 6.07) is -0.750. The van der Waals surface area contributed by atoms with Crippen LogP contribution >= 0.6 is 0 Å². The van der Waals surface area contributed by atoms with E-state index in [0.717, 1.165) is 12.8 Å². The van der Waals surface area contributed by atoms with E-state index >= 15 is 0 Å². The van der Waals surface area contributed by atoms with Crippen molar-refractivity contribution in [1.29, 1.82) is 0 Å². The number of carbonyl (C=O) groups excluding carboxylic acids is 1. The van der Waals surface area contributed by atoms with E-state index in [1.807, 2.05) is 0 Å². The largest absolute Gasteiger partial charge is 0.480 e. The summed E-state index contributed by atoms with van der Waals surface area (Å²) in [4.78, 5) is 22.4. The summed E-state index contributed by atoms with van der Waals surface area (Å²) in [5, 5.41) is 11.5. The first-order chi connectivity index (χ1) is 8.15. The molecule has 0 aromatic heterocycles. The van der Waals surface area contributed by atoms with Gasteiger partial charge in [-0.05, 0) is 31.1 Å². The van der Waals surface area contributed by atoms with Crippen molar-refractivity contribution in [2.24, 2.45) is 11.8 Å². The monoisotopic (exact) mass is 241 g/mol. The second kappa shape index (κ2) is 5.49. The minimum Gasteiger partial charge on any atom is -0.480 e. The molecule has 2 aliphatic rings. The summed E-state index contributed by atoms with van der Waals surface area (Å²) in [6.07, 6.45) is 5.07. The Morgan fingerprint density at radius 2 is 1.88 bits per heavy atom. The molecule has 1 amide bonds. The van der Waals surface area contributed by atoms with Crippen LogP contribution in [0.4, 0.5) is 0 Å². The highest BCUT2D eigenvalue weighted by Gasteiger charge is 2.30. The molecule has 5 nitrogen and oxygen atoms in total. The number of carboxylic acids is 1. The lowest BCUT2D eigenvalue weighted by molar-refractivity contribution is -0.142. The van der Waals surface area contributed by atoms with E-state index < -0.39 is 12.0 Å². The van der Waals surface area contributed by atoms with Crippen LogP contribution < -0.4 is 5.32 Å². The number of aliphatic carboxylic acids is 1. The number of rotatable bonds is 8. The van der Waals surface area contributed by atoms with Crippen LogP contribution in [0.5, 0.6) is 0 Å². The summed E-state index contributed by atoms with van der Waals surface area (Å²) >= 11 is 0. The van der Waals surface area contributed by atoms with E-state index in [4.69, 9.17) is 9.84 Å². The van der Waals surface area contributed by atoms with E-state index in [0.29, 0.717) is 24.9 Å². The second-order valence-electron chi connectivity index (χ2n) is 5.10. The highest BCUT2D eigenvalue weighted by Crippen LogP contribution is 2.33. The minimum absolute atomic E-state index is 0.0229. The average Bonchev–Trinajstić information content (AvgIpc) is 3.11. The normalized spacial score (nSPS) is 20.9. The molecule has 1 atom stereocenters. The van der Waals surface area contributed by atoms with Crippen LogP contribution in [0.25, 0.3) is 0 Å². The molecule has 2 saturated carbocycles. The molecule has 0 heterocycles. The zero-order chi connectivity index (χ0) is 12.3. The van der Waals surface area contributed by atoms with Crippen LogP contribution in [0.3, 0.4) is 0 Å². The lowest BCUT2D eigenvalue weighted by atomic mass is 10.1. The Morgan fingerprint density at radius 1 is 1.24 bits per heavy atom. The van der Waals surface area contributed by atoms with Gasteiger partial charge in [-0.1, -0.05) is 12.8 Å². The molecule has 2 rings (SSSR count). The molecule has 2 aliphatic carbocycles. The molecule has 0 bridgehead atoms. The molecule has 5 heteroatoms. The lowest BCUT2D eigenvalue weighted by Gasteiger charge is -2.14. The summed E-state index contributed by atoms with van der Waals surface area (Å²) < 4.78 is 5.22. The number of amides is 1. The van der Waals surface area contributed by atoms with E-state index in [-0.39, 0.29) is 12.5 Å². The Hall–Kier alpha value is -1.10. The third kappa shape index (κ3) is 4.73. The lowest BCUT2D eigenvalue weighted by Crippen LogP contribution is -2.42. The molecule has 1 unspecified atom stereocenters. The van der Waals surface area contributed by atoms with E-state index in [9.17, 15) is 9.59 Å². The fourth-order valence-electron chi connectivity index (χ4n) is 1.75.